The Kier molecular flexibility index (Phi) is 5.61. The van der Waals surface area contributed by atoms with Crippen LogP contribution in [0.1, 0.15) is 19.3 Å². The van der Waals surface area contributed by atoms with E-state index in [0.717, 1.165) is 23.9 Å². The standard InChI is InChI=1S/C14H16BrClN2O3/c15-9-3-4-12(11(16)6-9)17-13(19)8-18-5-1-2-10(18)7-14(20)21/h3-4,6,10H,1-2,5,7-8H2,(H,17,19)(H,20,21). The first-order valence-corrected chi connectivity index (χ1v) is 7.83. The van der Waals surface area contributed by atoms with Crippen LogP contribution in [-0.2, 0) is 9.59 Å². The molecule has 1 aliphatic rings. The van der Waals surface area contributed by atoms with Gasteiger partial charge in [0.15, 0.2) is 0 Å². The molecule has 0 aliphatic carbocycles. The van der Waals surface area contributed by atoms with Crippen LogP contribution in [0.3, 0.4) is 0 Å². The topological polar surface area (TPSA) is 69.6 Å². The second-order valence-electron chi connectivity index (χ2n) is 5.04. The Morgan fingerprint density at radius 3 is 2.90 bits per heavy atom. The molecule has 1 aromatic rings. The largest absolute Gasteiger partial charge is 0.481 e. The maximum absolute atomic E-state index is 12.1. The minimum absolute atomic E-state index is 0.0614. The van der Waals surface area contributed by atoms with Crippen LogP contribution < -0.4 is 5.32 Å². The Morgan fingerprint density at radius 1 is 1.48 bits per heavy atom. The van der Waals surface area contributed by atoms with Gasteiger partial charge in [0.2, 0.25) is 5.91 Å². The summed E-state index contributed by atoms with van der Waals surface area (Å²) in [5.74, 6) is -1.01. The summed E-state index contributed by atoms with van der Waals surface area (Å²) < 4.78 is 0.839. The number of likely N-dealkylation sites (tertiary alicyclic amines) is 1. The van der Waals surface area contributed by atoms with E-state index in [0.29, 0.717) is 10.7 Å². The molecule has 1 amide bonds. The molecule has 2 N–H and O–H groups in total. The molecule has 1 aromatic carbocycles. The first kappa shape index (κ1) is 16.3. The highest BCUT2D eigenvalue weighted by molar-refractivity contribution is 9.10. The van der Waals surface area contributed by atoms with Crippen LogP contribution in [0.4, 0.5) is 5.69 Å². The zero-order valence-corrected chi connectivity index (χ0v) is 13.7. The molecule has 0 spiro atoms. The predicted octanol–water partition coefficient (Wildman–Crippen LogP) is 2.98. The van der Waals surface area contributed by atoms with Gasteiger partial charge in [-0.1, -0.05) is 27.5 Å². The van der Waals surface area contributed by atoms with Crippen LogP contribution in [0.15, 0.2) is 22.7 Å². The average molecular weight is 376 g/mol. The smallest absolute Gasteiger partial charge is 0.304 e. The Balaban J connectivity index is 1.93. The molecule has 5 nitrogen and oxygen atoms in total. The Morgan fingerprint density at radius 2 is 2.24 bits per heavy atom. The first-order chi connectivity index (χ1) is 9.95. The van der Waals surface area contributed by atoms with Gasteiger partial charge in [0.05, 0.1) is 23.7 Å². The summed E-state index contributed by atoms with van der Waals surface area (Å²) in [6.45, 7) is 0.934. The van der Waals surface area contributed by atoms with E-state index in [1.54, 1.807) is 18.2 Å². The van der Waals surface area contributed by atoms with Crippen molar-refractivity contribution in [1.29, 1.82) is 0 Å². The van der Waals surface area contributed by atoms with Crippen molar-refractivity contribution in [1.82, 2.24) is 4.90 Å². The summed E-state index contributed by atoms with van der Waals surface area (Å²) >= 11 is 9.35. The predicted molar refractivity (Wildman–Crippen MR) is 84.6 cm³/mol. The van der Waals surface area contributed by atoms with Crippen molar-refractivity contribution in [3.8, 4) is 0 Å². The molecule has 1 unspecified atom stereocenters. The van der Waals surface area contributed by atoms with Gasteiger partial charge in [-0.3, -0.25) is 14.5 Å². The molecular weight excluding hydrogens is 360 g/mol. The number of nitrogens with zero attached hydrogens (tertiary/aromatic N) is 1. The fraction of sp³-hybridized carbons (Fsp3) is 0.429. The highest BCUT2D eigenvalue weighted by Crippen LogP contribution is 2.26. The lowest BCUT2D eigenvalue weighted by atomic mass is 10.1. The molecule has 1 fully saturated rings. The number of rotatable bonds is 5. The maximum Gasteiger partial charge on any atom is 0.304 e. The molecule has 0 aromatic heterocycles. The van der Waals surface area contributed by atoms with Crippen molar-refractivity contribution < 1.29 is 14.7 Å². The summed E-state index contributed by atoms with van der Waals surface area (Å²) in [5, 5.41) is 12.1. The summed E-state index contributed by atoms with van der Waals surface area (Å²) in [6.07, 6.45) is 1.81. The summed E-state index contributed by atoms with van der Waals surface area (Å²) in [5.41, 5.74) is 0.554. The van der Waals surface area contributed by atoms with Crippen molar-refractivity contribution in [3.63, 3.8) is 0 Å². The second kappa shape index (κ2) is 7.24. The maximum atomic E-state index is 12.1. The third-order valence-electron chi connectivity index (χ3n) is 3.46. The van der Waals surface area contributed by atoms with E-state index in [-0.39, 0.29) is 24.9 Å². The lowest BCUT2D eigenvalue weighted by molar-refractivity contribution is -0.138. The monoisotopic (exact) mass is 374 g/mol. The van der Waals surface area contributed by atoms with Gasteiger partial charge in [-0.05, 0) is 37.6 Å². The number of hydrogen-bond acceptors (Lipinski definition) is 3. The van der Waals surface area contributed by atoms with E-state index in [4.69, 9.17) is 16.7 Å². The first-order valence-electron chi connectivity index (χ1n) is 6.66. The number of carboxylic acid groups (broad SMARTS) is 1. The van der Waals surface area contributed by atoms with Crippen molar-refractivity contribution in [2.75, 3.05) is 18.4 Å². The van der Waals surface area contributed by atoms with E-state index in [2.05, 4.69) is 21.2 Å². The van der Waals surface area contributed by atoms with Crippen molar-refractivity contribution in [3.05, 3.63) is 27.7 Å². The molecule has 0 bridgehead atoms. The average Bonchev–Trinajstić information content (AvgIpc) is 2.79. The fourth-order valence-electron chi connectivity index (χ4n) is 2.50. The van der Waals surface area contributed by atoms with E-state index in [1.807, 2.05) is 4.90 Å². The molecule has 1 aliphatic heterocycles. The van der Waals surface area contributed by atoms with Crippen molar-refractivity contribution in [2.45, 2.75) is 25.3 Å². The van der Waals surface area contributed by atoms with Crippen LogP contribution in [0.2, 0.25) is 5.02 Å². The number of aliphatic carboxylic acids is 1. The normalized spacial score (nSPS) is 18.7. The Labute approximate surface area is 136 Å². The van der Waals surface area contributed by atoms with E-state index >= 15 is 0 Å². The molecular formula is C14H16BrClN2O3. The van der Waals surface area contributed by atoms with Gasteiger partial charge in [-0.25, -0.2) is 0 Å². The van der Waals surface area contributed by atoms with Gasteiger partial charge in [0, 0.05) is 10.5 Å². The number of carbonyl (C=O) groups excluding carboxylic acids is 1. The molecule has 0 radical (unpaired) electrons. The lowest BCUT2D eigenvalue weighted by Gasteiger charge is -2.22. The van der Waals surface area contributed by atoms with Gasteiger partial charge in [0.25, 0.3) is 0 Å². The van der Waals surface area contributed by atoms with Gasteiger partial charge >= 0.3 is 5.97 Å². The minimum atomic E-state index is -0.830. The molecule has 1 saturated heterocycles. The Bertz CT molecular complexity index is 553. The molecule has 114 valence electrons. The van der Waals surface area contributed by atoms with Gasteiger partial charge in [-0.2, -0.15) is 0 Å². The molecule has 0 saturated carbocycles. The van der Waals surface area contributed by atoms with Crippen LogP contribution >= 0.6 is 27.5 Å². The molecule has 1 heterocycles. The van der Waals surface area contributed by atoms with Gasteiger partial charge < -0.3 is 10.4 Å². The number of carbonyl (C=O) groups is 2. The van der Waals surface area contributed by atoms with E-state index < -0.39 is 5.97 Å². The fourth-order valence-corrected chi connectivity index (χ4v) is 3.22. The number of amides is 1. The van der Waals surface area contributed by atoms with Gasteiger partial charge in [-0.15, -0.1) is 0 Å². The lowest BCUT2D eigenvalue weighted by Crippen LogP contribution is -2.37. The van der Waals surface area contributed by atoms with Crippen LogP contribution in [0.5, 0.6) is 0 Å². The SMILES string of the molecule is O=C(O)CC1CCCN1CC(=O)Nc1ccc(Br)cc1Cl. The minimum Gasteiger partial charge on any atom is -0.481 e. The quantitative estimate of drug-likeness (QED) is 0.830. The zero-order valence-electron chi connectivity index (χ0n) is 11.3. The number of nitrogens with one attached hydrogen (secondary N) is 1. The zero-order chi connectivity index (χ0) is 15.4. The molecule has 7 heteroatoms. The third-order valence-corrected chi connectivity index (χ3v) is 4.27. The van der Waals surface area contributed by atoms with Crippen LogP contribution in [-0.4, -0.2) is 41.0 Å². The molecule has 21 heavy (non-hydrogen) atoms. The van der Waals surface area contributed by atoms with Crippen molar-refractivity contribution >= 4 is 45.1 Å². The number of hydrogen-bond donors (Lipinski definition) is 2. The second-order valence-corrected chi connectivity index (χ2v) is 6.36. The summed E-state index contributed by atoms with van der Waals surface area (Å²) in [4.78, 5) is 24.8. The van der Waals surface area contributed by atoms with Gasteiger partial charge in [0.1, 0.15) is 0 Å². The number of benzene rings is 1. The van der Waals surface area contributed by atoms with Crippen LogP contribution in [0.25, 0.3) is 0 Å². The highest BCUT2D eigenvalue weighted by atomic mass is 79.9. The summed E-state index contributed by atoms with van der Waals surface area (Å²) in [7, 11) is 0. The Hall–Kier alpha value is -1.11. The number of carboxylic acids is 1. The summed E-state index contributed by atoms with van der Waals surface area (Å²) in [6, 6.07) is 5.17. The van der Waals surface area contributed by atoms with E-state index in [1.165, 1.54) is 0 Å². The number of anilines is 1. The molecule has 1 atom stereocenters. The molecule has 2 rings (SSSR count). The highest BCUT2D eigenvalue weighted by Gasteiger charge is 2.28. The van der Waals surface area contributed by atoms with Crippen molar-refractivity contribution in [2.24, 2.45) is 0 Å². The van der Waals surface area contributed by atoms with Crippen LogP contribution in [0, 0.1) is 0 Å². The third kappa shape index (κ3) is 4.69. The number of halogens is 2. The van der Waals surface area contributed by atoms with E-state index in [9.17, 15) is 9.59 Å².